The minimum Gasteiger partial charge on any atom is -0.310 e. The minimum atomic E-state index is 0.510. The van der Waals surface area contributed by atoms with Gasteiger partial charge in [-0.25, -0.2) is 0 Å². The van der Waals surface area contributed by atoms with E-state index in [1.54, 1.807) is 0 Å². The summed E-state index contributed by atoms with van der Waals surface area (Å²) in [5.41, 5.74) is 0. The van der Waals surface area contributed by atoms with E-state index in [9.17, 15) is 0 Å². The zero-order chi connectivity index (χ0) is 8.27. The molecule has 0 saturated carbocycles. The predicted octanol–water partition coefficient (Wildman–Crippen LogP) is 2.52. The summed E-state index contributed by atoms with van der Waals surface area (Å²) in [6.45, 7) is 5.50. The predicted molar refractivity (Wildman–Crippen MR) is 49.8 cm³/mol. The molecule has 0 aromatic heterocycles. The van der Waals surface area contributed by atoms with Crippen molar-refractivity contribution >= 4 is 11.6 Å². The molecule has 64 valence electrons. The van der Waals surface area contributed by atoms with Crippen LogP contribution in [-0.4, -0.2) is 12.6 Å². The van der Waals surface area contributed by atoms with E-state index in [2.05, 4.69) is 25.2 Å². The Morgan fingerprint density at radius 1 is 1.73 bits per heavy atom. The summed E-state index contributed by atoms with van der Waals surface area (Å²) in [5, 5.41) is 4.44. The molecule has 0 aromatic carbocycles. The third-order valence-electron chi connectivity index (χ3n) is 1.88. The zero-order valence-electron chi connectivity index (χ0n) is 7.23. The summed E-state index contributed by atoms with van der Waals surface area (Å²) in [7, 11) is 0. The third kappa shape index (κ3) is 3.26. The van der Waals surface area contributed by atoms with Gasteiger partial charge in [0.25, 0.3) is 0 Å². The maximum atomic E-state index is 5.92. The highest BCUT2D eigenvalue weighted by Gasteiger charge is 2.12. The number of hydrogen-bond acceptors (Lipinski definition) is 1. The Labute approximate surface area is 73.8 Å². The van der Waals surface area contributed by atoms with E-state index in [0.29, 0.717) is 6.04 Å². The second kappa shape index (κ2) is 4.13. The van der Waals surface area contributed by atoms with Crippen molar-refractivity contribution in [3.05, 3.63) is 11.1 Å². The molecule has 1 aliphatic rings. The Balaban J connectivity index is 2.39. The molecule has 0 bridgehead atoms. The van der Waals surface area contributed by atoms with Gasteiger partial charge in [-0.05, 0) is 18.8 Å². The second-order valence-corrected chi connectivity index (χ2v) is 4.04. The molecule has 0 radical (unpaired) electrons. The molecule has 1 unspecified atom stereocenters. The van der Waals surface area contributed by atoms with Crippen LogP contribution >= 0.6 is 11.6 Å². The van der Waals surface area contributed by atoms with E-state index < -0.39 is 0 Å². The summed E-state index contributed by atoms with van der Waals surface area (Å²) < 4.78 is 0. The van der Waals surface area contributed by atoms with E-state index in [0.717, 1.165) is 23.9 Å². The number of nitrogens with one attached hydrogen (secondary N) is 1. The normalized spacial score (nSPS) is 25.5. The van der Waals surface area contributed by atoms with Gasteiger partial charge in [-0.15, -0.1) is 0 Å². The van der Waals surface area contributed by atoms with Gasteiger partial charge >= 0.3 is 0 Å². The molecule has 0 aliphatic carbocycles. The monoisotopic (exact) mass is 173 g/mol. The minimum absolute atomic E-state index is 0.510. The van der Waals surface area contributed by atoms with Gasteiger partial charge in [0.15, 0.2) is 0 Å². The maximum absolute atomic E-state index is 5.92. The summed E-state index contributed by atoms with van der Waals surface area (Å²) >= 11 is 5.92. The van der Waals surface area contributed by atoms with Crippen LogP contribution in [0, 0.1) is 5.92 Å². The van der Waals surface area contributed by atoms with Crippen LogP contribution in [0.4, 0.5) is 0 Å². The van der Waals surface area contributed by atoms with Crippen LogP contribution in [0.2, 0.25) is 0 Å². The quantitative estimate of drug-likeness (QED) is 0.677. The number of halogens is 1. The molecule has 2 heteroatoms. The molecule has 0 fully saturated rings. The first kappa shape index (κ1) is 9.08. The van der Waals surface area contributed by atoms with Crippen LogP contribution in [0.25, 0.3) is 0 Å². The van der Waals surface area contributed by atoms with Gasteiger partial charge in [-0.3, -0.25) is 0 Å². The molecule has 1 nitrogen and oxygen atoms in total. The lowest BCUT2D eigenvalue weighted by atomic mass is 10.0. The summed E-state index contributed by atoms with van der Waals surface area (Å²) in [6, 6.07) is 0.510. The van der Waals surface area contributed by atoms with E-state index in [4.69, 9.17) is 11.6 Å². The number of hydrogen-bond donors (Lipinski definition) is 1. The average molecular weight is 174 g/mol. The smallest absolute Gasteiger partial charge is 0.0266 e. The van der Waals surface area contributed by atoms with E-state index in [1.807, 2.05) is 0 Å². The van der Waals surface area contributed by atoms with Crippen LogP contribution in [0.15, 0.2) is 11.1 Å². The molecular formula is C9H16ClN. The molecule has 0 amide bonds. The number of rotatable bonds is 2. The molecule has 1 N–H and O–H groups in total. The first-order valence-corrected chi connectivity index (χ1v) is 4.66. The highest BCUT2D eigenvalue weighted by atomic mass is 35.5. The first-order valence-electron chi connectivity index (χ1n) is 4.28. The van der Waals surface area contributed by atoms with Crippen LogP contribution in [-0.2, 0) is 0 Å². The molecular weight excluding hydrogens is 158 g/mol. The average Bonchev–Trinajstić information content (AvgIpc) is 1.85. The summed E-state index contributed by atoms with van der Waals surface area (Å²) in [5.74, 6) is 0.742. The highest BCUT2D eigenvalue weighted by molar-refractivity contribution is 6.29. The second-order valence-electron chi connectivity index (χ2n) is 3.55. The van der Waals surface area contributed by atoms with Gasteiger partial charge in [0.2, 0.25) is 0 Å². The van der Waals surface area contributed by atoms with Gasteiger partial charge < -0.3 is 5.32 Å². The Bertz CT molecular complexity index is 152. The lowest BCUT2D eigenvalue weighted by Gasteiger charge is -2.21. The van der Waals surface area contributed by atoms with Gasteiger partial charge in [-0.1, -0.05) is 31.5 Å². The van der Waals surface area contributed by atoms with Crippen molar-refractivity contribution in [3.8, 4) is 0 Å². The van der Waals surface area contributed by atoms with Crippen molar-refractivity contribution in [3.63, 3.8) is 0 Å². The largest absolute Gasteiger partial charge is 0.310 e. The molecule has 0 aromatic rings. The van der Waals surface area contributed by atoms with Gasteiger partial charge in [-0.2, -0.15) is 0 Å². The zero-order valence-corrected chi connectivity index (χ0v) is 7.99. The van der Waals surface area contributed by atoms with Crippen molar-refractivity contribution < 1.29 is 0 Å². The lowest BCUT2D eigenvalue weighted by molar-refractivity contribution is 0.463. The molecule has 0 spiro atoms. The van der Waals surface area contributed by atoms with Crippen molar-refractivity contribution in [1.29, 1.82) is 0 Å². The lowest BCUT2D eigenvalue weighted by Crippen LogP contribution is -2.32. The first-order chi connectivity index (χ1) is 5.18. The Hall–Kier alpha value is -0.0100. The standard InChI is InChI=1S/C9H16ClN/c1-7(2)5-9-6-8(10)3-4-11-9/h6-7,9,11H,3-5H2,1-2H3. The Kier molecular flexibility index (Phi) is 3.41. The summed E-state index contributed by atoms with van der Waals surface area (Å²) in [4.78, 5) is 0. The van der Waals surface area contributed by atoms with Crippen LogP contribution in [0.3, 0.4) is 0 Å². The third-order valence-corrected chi connectivity index (χ3v) is 2.19. The summed E-state index contributed by atoms with van der Waals surface area (Å²) in [6.07, 6.45) is 4.33. The Morgan fingerprint density at radius 3 is 3.00 bits per heavy atom. The van der Waals surface area contributed by atoms with Gasteiger partial charge in [0.05, 0.1) is 0 Å². The van der Waals surface area contributed by atoms with E-state index in [1.165, 1.54) is 6.42 Å². The molecule has 11 heavy (non-hydrogen) atoms. The highest BCUT2D eigenvalue weighted by Crippen LogP contribution is 2.16. The van der Waals surface area contributed by atoms with Crippen LogP contribution < -0.4 is 5.32 Å². The van der Waals surface area contributed by atoms with E-state index in [-0.39, 0.29) is 0 Å². The van der Waals surface area contributed by atoms with Crippen molar-refractivity contribution in [2.45, 2.75) is 32.7 Å². The van der Waals surface area contributed by atoms with E-state index >= 15 is 0 Å². The van der Waals surface area contributed by atoms with Crippen molar-refractivity contribution in [2.24, 2.45) is 5.92 Å². The Morgan fingerprint density at radius 2 is 2.45 bits per heavy atom. The molecule has 1 heterocycles. The van der Waals surface area contributed by atoms with Crippen LogP contribution in [0.5, 0.6) is 0 Å². The molecule has 1 rings (SSSR count). The molecule has 1 aliphatic heterocycles. The fourth-order valence-electron chi connectivity index (χ4n) is 1.40. The van der Waals surface area contributed by atoms with Crippen molar-refractivity contribution in [1.82, 2.24) is 5.32 Å². The van der Waals surface area contributed by atoms with Gasteiger partial charge in [0.1, 0.15) is 0 Å². The van der Waals surface area contributed by atoms with Crippen molar-refractivity contribution in [2.75, 3.05) is 6.54 Å². The van der Waals surface area contributed by atoms with Crippen LogP contribution in [0.1, 0.15) is 26.7 Å². The SMILES string of the molecule is CC(C)CC1C=C(Cl)CCN1. The fourth-order valence-corrected chi connectivity index (χ4v) is 1.64. The molecule has 0 saturated heterocycles. The maximum Gasteiger partial charge on any atom is 0.0266 e. The fraction of sp³-hybridized carbons (Fsp3) is 0.778. The molecule has 1 atom stereocenters. The van der Waals surface area contributed by atoms with Gasteiger partial charge in [0, 0.05) is 17.6 Å². The topological polar surface area (TPSA) is 12.0 Å².